The van der Waals surface area contributed by atoms with Gasteiger partial charge in [-0.2, -0.15) is 0 Å². The minimum atomic E-state index is -3.55. The van der Waals surface area contributed by atoms with Crippen LogP contribution in [0.4, 0.5) is 11.5 Å². The van der Waals surface area contributed by atoms with Crippen LogP contribution < -0.4 is 10.6 Å². The number of nitrogens with zero attached hydrogens (tertiary/aromatic N) is 2. The maximum atomic E-state index is 12.3. The number of anilines is 2. The molecule has 1 aromatic heterocycles. The van der Waals surface area contributed by atoms with Crippen molar-refractivity contribution in [2.24, 2.45) is 0 Å². The zero-order valence-corrected chi connectivity index (χ0v) is 15.7. The van der Waals surface area contributed by atoms with Gasteiger partial charge in [0, 0.05) is 25.8 Å². The largest absolute Gasteiger partial charge is 0.376 e. The van der Waals surface area contributed by atoms with Gasteiger partial charge in [0.1, 0.15) is 5.76 Å². The molecule has 9 heteroatoms. The van der Waals surface area contributed by atoms with E-state index < -0.39 is 10.0 Å². The third-order valence-corrected chi connectivity index (χ3v) is 5.55. The first kappa shape index (κ1) is 18.9. The van der Waals surface area contributed by atoms with Gasteiger partial charge in [0.05, 0.1) is 11.4 Å². The second-order valence-corrected chi connectivity index (χ2v) is 8.08. The summed E-state index contributed by atoms with van der Waals surface area (Å²) in [5, 5.41) is 9.26. The van der Waals surface area contributed by atoms with Crippen molar-refractivity contribution in [3.63, 3.8) is 0 Å². The number of sulfonamides is 1. The molecule has 2 aromatic rings. The second-order valence-electron chi connectivity index (χ2n) is 5.92. The van der Waals surface area contributed by atoms with E-state index in [1.54, 1.807) is 19.1 Å². The van der Waals surface area contributed by atoms with E-state index in [1.807, 2.05) is 13.8 Å². The number of carbonyl (C=O) groups is 1. The average molecular weight is 366 g/mol. The van der Waals surface area contributed by atoms with Crippen LogP contribution in [0.1, 0.15) is 16.9 Å². The molecule has 2 rings (SSSR count). The Bertz CT molecular complexity index is 888. The number of benzene rings is 1. The van der Waals surface area contributed by atoms with Gasteiger partial charge in [-0.15, -0.1) is 0 Å². The number of hydrogen-bond donors (Lipinski definition) is 2. The third-order valence-electron chi connectivity index (χ3n) is 3.75. The summed E-state index contributed by atoms with van der Waals surface area (Å²) in [5.41, 5.74) is 2.28. The molecule has 1 heterocycles. The lowest BCUT2D eigenvalue weighted by molar-refractivity contribution is -0.114. The lowest BCUT2D eigenvalue weighted by Crippen LogP contribution is -2.24. The van der Waals surface area contributed by atoms with Crippen LogP contribution in [-0.4, -0.2) is 44.4 Å². The molecular formula is C16H22N4O4S. The predicted octanol–water partition coefficient (Wildman–Crippen LogP) is 1.90. The van der Waals surface area contributed by atoms with E-state index in [9.17, 15) is 13.2 Å². The highest BCUT2D eigenvalue weighted by Crippen LogP contribution is 2.25. The molecule has 1 aromatic carbocycles. The van der Waals surface area contributed by atoms with E-state index >= 15 is 0 Å². The molecule has 0 aliphatic heterocycles. The molecule has 0 saturated carbocycles. The van der Waals surface area contributed by atoms with E-state index in [1.165, 1.54) is 20.2 Å². The summed E-state index contributed by atoms with van der Waals surface area (Å²) < 4.78 is 30.7. The summed E-state index contributed by atoms with van der Waals surface area (Å²) in [6.45, 7) is 5.39. The number of rotatable bonds is 6. The van der Waals surface area contributed by atoms with E-state index in [0.717, 1.165) is 15.4 Å². The van der Waals surface area contributed by atoms with Gasteiger partial charge in [0.2, 0.25) is 15.9 Å². The maximum absolute atomic E-state index is 12.3. The molecule has 0 aliphatic rings. The molecule has 0 atom stereocenters. The lowest BCUT2D eigenvalue weighted by atomic mass is 10.1. The number of aryl methyl sites for hydroxylation is 2. The fourth-order valence-corrected chi connectivity index (χ4v) is 3.17. The van der Waals surface area contributed by atoms with Crippen molar-refractivity contribution >= 4 is 27.4 Å². The highest BCUT2D eigenvalue weighted by Gasteiger charge is 2.19. The van der Waals surface area contributed by atoms with E-state index in [2.05, 4.69) is 15.8 Å². The Labute approximate surface area is 147 Å². The highest BCUT2D eigenvalue weighted by molar-refractivity contribution is 7.89. The Morgan fingerprint density at radius 2 is 1.88 bits per heavy atom. The van der Waals surface area contributed by atoms with Gasteiger partial charge in [0.15, 0.2) is 5.82 Å². The molecule has 0 radical (unpaired) electrons. The number of amides is 1. The summed E-state index contributed by atoms with van der Waals surface area (Å²) in [4.78, 5) is 12.2. The normalized spacial score (nSPS) is 11.6. The maximum Gasteiger partial charge on any atom is 0.244 e. The molecule has 25 heavy (non-hydrogen) atoms. The molecule has 0 fully saturated rings. The summed E-state index contributed by atoms with van der Waals surface area (Å²) >= 11 is 0. The van der Waals surface area contributed by atoms with Gasteiger partial charge in [0.25, 0.3) is 0 Å². The van der Waals surface area contributed by atoms with Crippen LogP contribution >= 0.6 is 0 Å². The van der Waals surface area contributed by atoms with Gasteiger partial charge in [-0.1, -0.05) is 5.16 Å². The monoisotopic (exact) mass is 366 g/mol. The molecule has 0 spiro atoms. The fourth-order valence-electron chi connectivity index (χ4n) is 2.16. The first-order chi connectivity index (χ1) is 11.6. The molecule has 1 amide bonds. The van der Waals surface area contributed by atoms with E-state index in [4.69, 9.17) is 4.52 Å². The Hall–Kier alpha value is -2.39. The van der Waals surface area contributed by atoms with Crippen LogP contribution in [0.5, 0.6) is 0 Å². The van der Waals surface area contributed by atoms with Crippen LogP contribution in [0, 0.1) is 20.8 Å². The zero-order valence-electron chi connectivity index (χ0n) is 14.9. The molecule has 8 nitrogen and oxygen atoms in total. The predicted molar refractivity (Wildman–Crippen MR) is 95.1 cm³/mol. The van der Waals surface area contributed by atoms with Gasteiger partial charge >= 0.3 is 0 Å². The van der Waals surface area contributed by atoms with Crippen molar-refractivity contribution in [2.75, 3.05) is 31.3 Å². The molecule has 0 saturated heterocycles. The topological polar surface area (TPSA) is 105 Å². The first-order valence-electron chi connectivity index (χ1n) is 7.62. The lowest BCUT2D eigenvalue weighted by Gasteiger charge is -2.16. The van der Waals surface area contributed by atoms with Crippen molar-refractivity contribution in [1.29, 1.82) is 0 Å². The molecule has 0 aliphatic carbocycles. The molecule has 0 unspecified atom stereocenters. The SMILES string of the molecule is Cc1cc(NC(=O)CNc2cc(S(=O)(=O)N(C)C)cc(C)c2C)no1. The van der Waals surface area contributed by atoms with Gasteiger partial charge < -0.3 is 15.2 Å². The summed E-state index contributed by atoms with van der Waals surface area (Å²) in [7, 11) is -0.598. The smallest absolute Gasteiger partial charge is 0.244 e. The van der Waals surface area contributed by atoms with Crippen LogP contribution in [0.15, 0.2) is 27.6 Å². The van der Waals surface area contributed by atoms with E-state index in [-0.39, 0.29) is 17.3 Å². The third kappa shape index (κ3) is 4.37. The van der Waals surface area contributed by atoms with Crippen molar-refractivity contribution in [1.82, 2.24) is 9.46 Å². The quantitative estimate of drug-likeness (QED) is 0.809. The Balaban J connectivity index is 2.16. The fraction of sp³-hybridized carbons (Fsp3) is 0.375. The minimum absolute atomic E-state index is 0.0301. The number of hydrogen-bond acceptors (Lipinski definition) is 6. The van der Waals surface area contributed by atoms with Crippen molar-refractivity contribution in [3.8, 4) is 0 Å². The standard InChI is InChI=1S/C16H22N4O4S/c1-10-6-13(25(22,23)20(4)5)8-14(12(10)3)17-9-16(21)18-15-7-11(2)24-19-15/h6-8,17H,9H2,1-5H3,(H,18,19,21). The summed E-state index contributed by atoms with van der Waals surface area (Å²) in [6, 6.07) is 4.76. The van der Waals surface area contributed by atoms with Gasteiger partial charge in [-0.3, -0.25) is 4.79 Å². The highest BCUT2D eigenvalue weighted by atomic mass is 32.2. The number of aromatic nitrogens is 1. The van der Waals surface area contributed by atoms with Crippen LogP contribution in [0.2, 0.25) is 0 Å². The number of carbonyl (C=O) groups excluding carboxylic acids is 1. The number of nitrogens with one attached hydrogen (secondary N) is 2. The Morgan fingerprint density at radius 1 is 1.20 bits per heavy atom. The minimum Gasteiger partial charge on any atom is -0.376 e. The summed E-state index contributed by atoms with van der Waals surface area (Å²) in [5.74, 6) is 0.615. The van der Waals surface area contributed by atoms with Crippen molar-refractivity contribution in [3.05, 3.63) is 35.1 Å². The van der Waals surface area contributed by atoms with Gasteiger partial charge in [-0.05, 0) is 44.0 Å². The molecular weight excluding hydrogens is 344 g/mol. The second kappa shape index (κ2) is 7.24. The van der Waals surface area contributed by atoms with Crippen LogP contribution in [0.25, 0.3) is 0 Å². The van der Waals surface area contributed by atoms with Crippen LogP contribution in [-0.2, 0) is 14.8 Å². The average Bonchev–Trinajstić information content (AvgIpc) is 2.93. The van der Waals surface area contributed by atoms with Crippen molar-refractivity contribution < 1.29 is 17.7 Å². The molecule has 0 bridgehead atoms. The van der Waals surface area contributed by atoms with E-state index in [0.29, 0.717) is 17.3 Å². The molecule has 136 valence electrons. The first-order valence-corrected chi connectivity index (χ1v) is 9.06. The van der Waals surface area contributed by atoms with Crippen molar-refractivity contribution in [2.45, 2.75) is 25.7 Å². The Morgan fingerprint density at radius 3 is 2.44 bits per heavy atom. The Kier molecular flexibility index (Phi) is 5.48. The molecule has 2 N–H and O–H groups in total. The summed E-state index contributed by atoms with van der Waals surface area (Å²) in [6.07, 6.45) is 0. The zero-order chi connectivity index (χ0) is 18.8. The van der Waals surface area contributed by atoms with Crippen LogP contribution in [0.3, 0.4) is 0 Å². The van der Waals surface area contributed by atoms with Gasteiger partial charge in [-0.25, -0.2) is 12.7 Å².